The Bertz CT molecular complexity index is 1380. The summed E-state index contributed by atoms with van der Waals surface area (Å²) in [7, 11) is 0. The molecular weight excluding hydrogens is 414 g/mol. The molecule has 1 aliphatic rings. The zero-order valence-corrected chi connectivity index (χ0v) is 17.5. The van der Waals surface area contributed by atoms with Crippen molar-refractivity contribution < 1.29 is 4.74 Å². The Kier molecular flexibility index (Phi) is 4.47. The first-order valence-corrected chi connectivity index (χ1v) is 10.8. The van der Waals surface area contributed by atoms with E-state index in [4.69, 9.17) is 16.3 Å². The molecule has 1 N–H and O–H groups in total. The van der Waals surface area contributed by atoms with E-state index < -0.39 is 0 Å². The van der Waals surface area contributed by atoms with Crippen LogP contribution in [-0.2, 0) is 11.3 Å². The largest absolute Gasteiger partial charge is 0.376 e. The minimum atomic E-state index is 0.194. The summed E-state index contributed by atoms with van der Waals surface area (Å²) in [5.74, 6) is 0. The van der Waals surface area contributed by atoms with Crippen LogP contribution in [-0.4, -0.2) is 47.7 Å². The Morgan fingerprint density at radius 2 is 2.13 bits per heavy atom. The summed E-state index contributed by atoms with van der Waals surface area (Å²) in [6.45, 7) is 1.55. The van der Waals surface area contributed by atoms with Crippen molar-refractivity contribution in [2.45, 2.75) is 31.9 Å². The third-order valence-electron chi connectivity index (χ3n) is 5.84. The third-order valence-corrected chi connectivity index (χ3v) is 6.13. The quantitative estimate of drug-likeness (QED) is 0.454. The first-order chi connectivity index (χ1) is 15.3. The second kappa shape index (κ2) is 7.47. The van der Waals surface area contributed by atoms with Crippen LogP contribution in [0.25, 0.3) is 38.9 Å². The highest BCUT2D eigenvalue weighted by molar-refractivity contribution is 6.35. The van der Waals surface area contributed by atoms with Crippen LogP contribution in [0.15, 0.2) is 48.8 Å². The van der Waals surface area contributed by atoms with E-state index in [9.17, 15) is 0 Å². The molecule has 9 heteroatoms. The highest BCUT2D eigenvalue weighted by Crippen LogP contribution is 2.31. The predicted molar refractivity (Wildman–Crippen MR) is 118 cm³/mol. The zero-order valence-electron chi connectivity index (χ0n) is 16.7. The average molecular weight is 434 g/mol. The van der Waals surface area contributed by atoms with E-state index in [1.54, 1.807) is 10.9 Å². The number of rotatable bonds is 4. The molecule has 1 atom stereocenters. The third kappa shape index (κ3) is 3.28. The Balaban J connectivity index is 1.43. The fourth-order valence-corrected chi connectivity index (χ4v) is 4.50. The molecule has 0 spiro atoms. The lowest BCUT2D eigenvalue weighted by molar-refractivity contribution is 0.00429. The van der Waals surface area contributed by atoms with Crippen LogP contribution in [0.2, 0.25) is 5.02 Å². The smallest absolute Gasteiger partial charge is 0.132 e. The summed E-state index contributed by atoms with van der Waals surface area (Å²) in [6.07, 6.45) is 7.20. The highest BCUT2D eigenvalue weighted by Gasteiger charge is 2.19. The number of hydrogen-bond acceptors (Lipinski definition) is 5. The Morgan fingerprint density at radius 1 is 1.16 bits per heavy atom. The minimum absolute atomic E-state index is 0.194. The van der Waals surface area contributed by atoms with Crippen LogP contribution < -0.4 is 0 Å². The molecule has 2 aromatic carbocycles. The minimum Gasteiger partial charge on any atom is -0.376 e. The molecule has 0 bridgehead atoms. The van der Waals surface area contributed by atoms with E-state index in [2.05, 4.69) is 31.7 Å². The number of H-pyrrole nitrogens is 1. The number of fused-ring (bicyclic) bond motifs is 2. The zero-order chi connectivity index (χ0) is 20.8. The topological polar surface area (TPSA) is 86.4 Å². The normalized spacial score (nSPS) is 17.0. The van der Waals surface area contributed by atoms with Crippen molar-refractivity contribution in [2.24, 2.45) is 0 Å². The number of ether oxygens (including phenoxy) is 1. The van der Waals surface area contributed by atoms with E-state index >= 15 is 0 Å². The van der Waals surface area contributed by atoms with Crippen LogP contribution >= 0.6 is 11.6 Å². The fourth-order valence-electron chi connectivity index (χ4n) is 4.25. The maximum atomic E-state index is 6.62. The molecule has 0 saturated carbocycles. The van der Waals surface area contributed by atoms with Crippen LogP contribution in [0.3, 0.4) is 0 Å². The summed E-state index contributed by atoms with van der Waals surface area (Å²) in [5, 5.41) is 21.9. The maximum absolute atomic E-state index is 6.62. The van der Waals surface area contributed by atoms with E-state index in [1.807, 2.05) is 41.2 Å². The van der Waals surface area contributed by atoms with Crippen molar-refractivity contribution >= 4 is 33.5 Å². The van der Waals surface area contributed by atoms with Crippen LogP contribution in [0.5, 0.6) is 0 Å². The number of benzene rings is 2. The van der Waals surface area contributed by atoms with Gasteiger partial charge in [0.1, 0.15) is 5.52 Å². The van der Waals surface area contributed by atoms with Crippen molar-refractivity contribution in [1.82, 2.24) is 35.0 Å². The van der Waals surface area contributed by atoms with Crippen molar-refractivity contribution in [3.8, 4) is 16.9 Å². The van der Waals surface area contributed by atoms with Gasteiger partial charge in [0.05, 0.1) is 46.3 Å². The molecule has 1 aliphatic heterocycles. The second-order valence-corrected chi connectivity index (χ2v) is 8.26. The summed E-state index contributed by atoms with van der Waals surface area (Å²) < 4.78 is 9.71. The highest BCUT2D eigenvalue weighted by atomic mass is 35.5. The van der Waals surface area contributed by atoms with Gasteiger partial charge in [0.25, 0.3) is 0 Å². The number of nitrogens with zero attached hydrogens (tertiary/aromatic N) is 6. The molecule has 0 amide bonds. The summed E-state index contributed by atoms with van der Waals surface area (Å²) >= 11 is 6.62. The first kappa shape index (κ1) is 18.5. The number of nitrogens with one attached hydrogen (secondary N) is 1. The molecule has 156 valence electrons. The van der Waals surface area contributed by atoms with Gasteiger partial charge in [0.2, 0.25) is 0 Å². The van der Waals surface area contributed by atoms with Crippen molar-refractivity contribution in [3.05, 3.63) is 53.8 Å². The molecule has 31 heavy (non-hydrogen) atoms. The predicted octanol–water partition coefficient (Wildman–Crippen LogP) is 4.38. The van der Waals surface area contributed by atoms with Gasteiger partial charge in [0, 0.05) is 23.8 Å². The lowest BCUT2D eigenvalue weighted by Gasteiger charge is -2.23. The van der Waals surface area contributed by atoms with E-state index in [0.717, 1.165) is 59.4 Å². The molecule has 1 saturated heterocycles. The average Bonchev–Trinajstić information content (AvgIpc) is 3.53. The number of aromatic nitrogens is 7. The summed E-state index contributed by atoms with van der Waals surface area (Å²) in [5.41, 5.74) is 5.29. The summed E-state index contributed by atoms with van der Waals surface area (Å²) in [6, 6.07) is 12.0. The van der Waals surface area contributed by atoms with Gasteiger partial charge in [-0.2, -0.15) is 10.2 Å². The number of aromatic amines is 1. The van der Waals surface area contributed by atoms with Gasteiger partial charge in [-0.25, -0.2) is 4.68 Å². The van der Waals surface area contributed by atoms with Crippen LogP contribution in [0.4, 0.5) is 0 Å². The molecule has 8 nitrogen and oxygen atoms in total. The maximum Gasteiger partial charge on any atom is 0.132 e. The van der Waals surface area contributed by atoms with Crippen LogP contribution in [0, 0.1) is 0 Å². The number of hydrogen-bond donors (Lipinski definition) is 1. The Hall–Kier alpha value is -3.23. The SMILES string of the molecule is Clc1cc(-c2ccnn2CC2CCCCO2)cc2c1nnn2-c1ccc2cn[nH]c2c1. The molecule has 0 radical (unpaired) electrons. The van der Waals surface area contributed by atoms with Gasteiger partial charge in [-0.1, -0.05) is 16.8 Å². The fraction of sp³-hybridized carbons (Fsp3) is 0.273. The Morgan fingerprint density at radius 3 is 3.03 bits per heavy atom. The Labute approximate surface area is 182 Å². The van der Waals surface area contributed by atoms with Crippen molar-refractivity contribution in [2.75, 3.05) is 6.61 Å². The molecular formula is C22H20ClN7O. The molecule has 1 fully saturated rings. The van der Waals surface area contributed by atoms with Gasteiger partial charge in [-0.05, 0) is 55.7 Å². The van der Waals surface area contributed by atoms with E-state index in [1.165, 1.54) is 6.42 Å². The molecule has 4 heterocycles. The lowest BCUT2D eigenvalue weighted by Crippen LogP contribution is -2.25. The van der Waals surface area contributed by atoms with Gasteiger partial charge in [-0.3, -0.25) is 9.78 Å². The van der Waals surface area contributed by atoms with Gasteiger partial charge in [0.15, 0.2) is 0 Å². The van der Waals surface area contributed by atoms with Gasteiger partial charge < -0.3 is 4.74 Å². The summed E-state index contributed by atoms with van der Waals surface area (Å²) in [4.78, 5) is 0. The monoisotopic (exact) mass is 433 g/mol. The van der Waals surface area contributed by atoms with Gasteiger partial charge in [-0.15, -0.1) is 5.10 Å². The molecule has 1 unspecified atom stereocenters. The lowest BCUT2D eigenvalue weighted by atomic mass is 10.1. The van der Waals surface area contributed by atoms with Crippen molar-refractivity contribution in [3.63, 3.8) is 0 Å². The second-order valence-electron chi connectivity index (χ2n) is 7.86. The van der Waals surface area contributed by atoms with Crippen LogP contribution in [0.1, 0.15) is 19.3 Å². The molecule has 3 aromatic heterocycles. The standard InChI is InChI=1S/C22H20ClN7O/c23-18-9-15(20-6-7-25-29(20)13-17-3-1-2-8-31-17)10-21-22(18)27-28-30(21)16-5-4-14-12-24-26-19(14)11-16/h4-7,9-12,17H,1-3,8,13H2,(H,24,26). The van der Waals surface area contributed by atoms with E-state index in [0.29, 0.717) is 10.5 Å². The number of halogens is 1. The van der Waals surface area contributed by atoms with E-state index in [-0.39, 0.29) is 6.10 Å². The molecule has 6 rings (SSSR count). The van der Waals surface area contributed by atoms with Gasteiger partial charge >= 0.3 is 0 Å². The van der Waals surface area contributed by atoms with Crippen molar-refractivity contribution in [1.29, 1.82) is 0 Å². The molecule has 0 aliphatic carbocycles. The first-order valence-electron chi connectivity index (χ1n) is 10.4. The molecule has 5 aromatic rings.